The molecular formula is C8H20NO2+. The van der Waals surface area contributed by atoms with E-state index < -0.39 is 0 Å². The van der Waals surface area contributed by atoms with Crippen molar-refractivity contribution in [1.82, 2.24) is 0 Å². The molecule has 68 valence electrons. The average molecular weight is 162 g/mol. The van der Waals surface area contributed by atoms with Crippen molar-refractivity contribution in [3.63, 3.8) is 0 Å². The Morgan fingerprint density at radius 2 is 1.55 bits per heavy atom. The number of aliphatic hydroxyl groups excluding tert-OH is 2. The van der Waals surface area contributed by atoms with Crippen molar-refractivity contribution in [2.45, 2.75) is 13.8 Å². The molecule has 0 saturated heterocycles. The topological polar surface area (TPSA) is 44.9 Å². The number of quaternary nitrogens is 1. The van der Waals surface area contributed by atoms with E-state index in [4.69, 9.17) is 10.2 Å². The normalized spacial score (nSPS) is 11.5. The summed E-state index contributed by atoms with van der Waals surface area (Å²) in [4.78, 5) is 1.28. The summed E-state index contributed by atoms with van der Waals surface area (Å²) in [5.74, 6) is 0.628. The minimum atomic E-state index is 0.210. The SMILES string of the molecule is CC(C)C[NH+](CCO)CCO. The predicted octanol–water partition coefficient (Wildman–Crippen LogP) is -1.49. The highest BCUT2D eigenvalue weighted by Crippen LogP contribution is 1.82. The van der Waals surface area contributed by atoms with E-state index in [1.54, 1.807) is 0 Å². The van der Waals surface area contributed by atoms with E-state index in [9.17, 15) is 0 Å². The van der Waals surface area contributed by atoms with Gasteiger partial charge in [0.2, 0.25) is 0 Å². The largest absolute Gasteiger partial charge is 0.391 e. The highest BCUT2D eigenvalue weighted by Gasteiger charge is 2.08. The lowest BCUT2D eigenvalue weighted by molar-refractivity contribution is -0.903. The first-order chi connectivity index (χ1) is 5.20. The van der Waals surface area contributed by atoms with Crippen LogP contribution in [0.25, 0.3) is 0 Å². The first-order valence-electron chi connectivity index (χ1n) is 4.26. The van der Waals surface area contributed by atoms with Gasteiger partial charge in [-0.3, -0.25) is 0 Å². The zero-order valence-corrected chi connectivity index (χ0v) is 7.51. The molecule has 0 aliphatic carbocycles. The summed E-state index contributed by atoms with van der Waals surface area (Å²) in [5.41, 5.74) is 0. The minimum Gasteiger partial charge on any atom is -0.391 e. The summed E-state index contributed by atoms with van der Waals surface area (Å²) in [7, 11) is 0. The Balaban J connectivity index is 3.50. The number of aliphatic hydroxyl groups is 2. The molecule has 0 amide bonds. The summed E-state index contributed by atoms with van der Waals surface area (Å²) in [6.07, 6.45) is 0. The molecule has 0 aliphatic heterocycles. The fraction of sp³-hybridized carbons (Fsp3) is 1.00. The van der Waals surface area contributed by atoms with Crippen molar-refractivity contribution < 1.29 is 15.1 Å². The van der Waals surface area contributed by atoms with Gasteiger partial charge in [0.1, 0.15) is 13.1 Å². The molecule has 0 heterocycles. The van der Waals surface area contributed by atoms with Crippen LogP contribution in [-0.2, 0) is 0 Å². The molecule has 0 spiro atoms. The van der Waals surface area contributed by atoms with Crippen LogP contribution < -0.4 is 4.90 Å². The third-order valence-electron chi connectivity index (χ3n) is 1.63. The molecule has 0 aromatic heterocycles. The third kappa shape index (κ3) is 6.28. The number of nitrogens with one attached hydrogen (secondary N) is 1. The monoisotopic (exact) mass is 162 g/mol. The molecule has 11 heavy (non-hydrogen) atoms. The van der Waals surface area contributed by atoms with Crippen LogP contribution in [0.2, 0.25) is 0 Å². The number of hydrogen-bond acceptors (Lipinski definition) is 2. The molecule has 3 N–H and O–H groups in total. The highest BCUT2D eigenvalue weighted by atomic mass is 16.3. The lowest BCUT2D eigenvalue weighted by Gasteiger charge is -2.18. The van der Waals surface area contributed by atoms with Crippen LogP contribution >= 0.6 is 0 Å². The average Bonchev–Trinajstić information content (AvgIpc) is 1.87. The van der Waals surface area contributed by atoms with Crippen LogP contribution in [0.5, 0.6) is 0 Å². The van der Waals surface area contributed by atoms with Gasteiger partial charge in [0.25, 0.3) is 0 Å². The first kappa shape index (κ1) is 10.9. The second-order valence-electron chi connectivity index (χ2n) is 3.30. The van der Waals surface area contributed by atoms with Gasteiger partial charge in [-0.05, 0) is 0 Å². The van der Waals surface area contributed by atoms with Crippen molar-refractivity contribution in [2.24, 2.45) is 5.92 Å². The Bertz CT molecular complexity index is 80.2. The van der Waals surface area contributed by atoms with Crippen LogP contribution in [0.3, 0.4) is 0 Å². The smallest absolute Gasteiger partial charge is 0.101 e. The van der Waals surface area contributed by atoms with Gasteiger partial charge in [-0.1, -0.05) is 13.8 Å². The molecule has 0 bridgehead atoms. The van der Waals surface area contributed by atoms with E-state index in [-0.39, 0.29) is 13.2 Å². The number of rotatable bonds is 6. The van der Waals surface area contributed by atoms with Gasteiger partial charge in [-0.2, -0.15) is 0 Å². The minimum absolute atomic E-state index is 0.210. The molecule has 0 aromatic carbocycles. The molecule has 0 unspecified atom stereocenters. The van der Waals surface area contributed by atoms with Gasteiger partial charge in [-0.15, -0.1) is 0 Å². The Morgan fingerprint density at radius 1 is 1.09 bits per heavy atom. The van der Waals surface area contributed by atoms with E-state index in [1.165, 1.54) is 4.90 Å². The Morgan fingerprint density at radius 3 is 1.82 bits per heavy atom. The second-order valence-corrected chi connectivity index (χ2v) is 3.30. The highest BCUT2D eigenvalue weighted by molar-refractivity contribution is 4.38. The molecule has 0 atom stereocenters. The van der Waals surface area contributed by atoms with Gasteiger partial charge in [0.15, 0.2) is 0 Å². The quantitative estimate of drug-likeness (QED) is 0.446. The number of hydrogen-bond donors (Lipinski definition) is 3. The maximum Gasteiger partial charge on any atom is 0.101 e. The predicted molar refractivity (Wildman–Crippen MR) is 44.6 cm³/mol. The van der Waals surface area contributed by atoms with Crippen LogP contribution in [0.15, 0.2) is 0 Å². The van der Waals surface area contributed by atoms with Gasteiger partial charge in [0, 0.05) is 5.92 Å². The first-order valence-corrected chi connectivity index (χ1v) is 4.26. The second kappa shape index (κ2) is 6.58. The Labute approximate surface area is 68.6 Å². The molecule has 0 aromatic rings. The van der Waals surface area contributed by atoms with Gasteiger partial charge >= 0.3 is 0 Å². The fourth-order valence-electron chi connectivity index (χ4n) is 1.22. The van der Waals surface area contributed by atoms with Crippen molar-refractivity contribution in [2.75, 3.05) is 32.8 Å². The maximum atomic E-state index is 8.67. The Kier molecular flexibility index (Phi) is 6.51. The molecule has 3 heteroatoms. The van der Waals surface area contributed by atoms with E-state index in [0.717, 1.165) is 19.6 Å². The van der Waals surface area contributed by atoms with Crippen molar-refractivity contribution in [3.05, 3.63) is 0 Å². The maximum absolute atomic E-state index is 8.67. The fourth-order valence-corrected chi connectivity index (χ4v) is 1.22. The molecule has 0 aliphatic rings. The summed E-state index contributed by atoms with van der Waals surface area (Å²) in [6, 6.07) is 0. The van der Waals surface area contributed by atoms with Crippen molar-refractivity contribution in [3.8, 4) is 0 Å². The van der Waals surface area contributed by atoms with Gasteiger partial charge < -0.3 is 15.1 Å². The van der Waals surface area contributed by atoms with Crippen LogP contribution in [0.1, 0.15) is 13.8 Å². The van der Waals surface area contributed by atoms with Crippen LogP contribution in [0.4, 0.5) is 0 Å². The van der Waals surface area contributed by atoms with E-state index >= 15 is 0 Å². The molecule has 0 rings (SSSR count). The standard InChI is InChI=1S/C8H19NO2/c1-8(2)7-9(3-5-10)4-6-11/h8,10-11H,3-7H2,1-2H3/p+1. The molecule has 3 nitrogen and oxygen atoms in total. The van der Waals surface area contributed by atoms with Crippen molar-refractivity contribution in [1.29, 1.82) is 0 Å². The molecule has 0 radical (unpaired) electrons. The van der Waals surface area contributed by atoms with Gasteiger partial charge in [0.05, 0.1) is 19.8 Å². The molecular weight excluding hydrogens is 142 g/mol. The summed E-state index contributed by atoms with van der Waals surface area (Å²) < 4.78 is 0. The lowest BCUT2D eigenvalue weighted by atomic mass is 10.2. The van der Waals surface area contributed by atoms with E-state index in [1.807, 2.05) is 0 Å². The molecule has 0 saturated carbocycles. The molecule has 0 fully saturated rings. The lowest BCUT2D eigenvalue weighted by Crippen LogP contribution is -3.13. The van der Waals surface area contributed by atoms with Crippen molar-refractivity contribution >= 4 is 0 Å². The third-order valence-corrected chi connectivity index (χ3v) is 1.63. The zero-order chi connectivity index (χ0) is 8.69. The van der Waals surface area contributed by atoms with Crippen LogP contribution in [-0.4, -0.2) is 43.1 Å². The van der Waals surface area contributed by atoms with E-state index in [0.29, 0.717) is 5.92 Å². The van der Waals surface area contributed by atoms with Gasteiger partial charge in [-0.25, -0.2) is 0 Å². The summed E-state index contributed by atoms with van der Waals surface area (Å²) >= 11 is 0. The zero-order valence-electron chi connectivity index (χ0n) is 7.51. The van der Waals surface area contributed by atoms with Crippen LogP contribution in [0, 0.1) is 5.92 Å². The summed E-state index contributed by atoms with van der Waals surface area (Å²) in [5, 5.41) is 17.3. The Hall–Kier alpha value is -0.120. The summed E-state index contributed by atoms with van der Waals surface area (Å²) in [6.45, 7) is 7.24. The van der Waals surface area contributed by atoms with E-state index in [2.05, 4.69) is 13.8 Å².